The first-order valence-electron chi connectivity index (χ1n) is 5.51. The Hall–Kier alpha value is -1.68. The van der Waals surface area contributed by atoms with Crippen LogP contribution in [0.25, 0.3) is 0 Å². The number of benzene rings is 1. The van der Waals surface area contributed by atoms with Gasteiger partial charge in [0.15, 0.2) is 0 Å². The molecule has 0 saturated carbocycles. The van der Waals surface area contributed by atoms with Crippen LogP contribution in [0.2, 0.25) is 0 Å². The Morgan fingerprint density at radius 1 is 1.18 bits per heavy atom. The van der Waals surface area contributed by atoms with Crippen molar-refractivity contribution in [1.82, 2.24) is 0 Å². The summed E-state index contributed by atoms with van der Waals surface area (Å²) in [7, 11) is 2.06. The highest BCUT2D eigenvalue weighted by atomic mass is 32.1. The molecule has 0 saturated heterocycles. The lowest BCUT2D eigenvalue weighted by Crippen LogP contribution is -2.20. The zero-order valence-electron chi connectivity index (χ0n) is 10.1. The zero-order valence-corrected chi connectivity index (χ0v) is 10.9. The maximum atomic E-state index is 5.83. The van der Waals surface area contributed by atoms with Crippen molar-refractivity contribution in [2.24, 2.45) is 0 Å². The average Bonchev–Trinajstić information content (AvgIpc) is 2.84. The third-order valence-corrected chi connectivity index (χ3v) is 4.06. The van der Waals surface area contributed by atoms with Crippen LogP contribution in [-0.4, -0.2) is 7.05 Å². The van der Waals surface area contributed by atoms with Crippen LogP contribution in [0.1, 0.15) is 17.8 Å². The van der Waals surface area contributed by atoms with E-state index in [2.05, 4.69) is 36.4 Å². The first-order valence-corrected chi connectivity index (χ1v) is 6.39. The molecule has 0 fully saturated rings. The van der Waals surface area contributed by atoms with Gasteiger partial charge >= 0.3 is 0 Å². The quantitative estimate of drug-likeness (QED) is 0.819. The van der Waals surface area contributed by atoms with E-state index in [0.717, 1.165) is 5.69 Å². The minimum absolute atomic E-state index is 0.332. The van der Waals surface area contributed by atoms with E-state index in [1.165, 1.54) is 4.88 Å². The fraction of sp³-hybridized carbons (Fsp3) is 0.231. The Morgan fingerprint density at radius 3 is 2.53 bits per heavy atom. The lowest BCUT2D eigenvalue weighted by Gasteiger charge is -2.26. The van der Waals surface area contributed by atoms with Gasteiger partial charge in [0, 0.05) is 17.6 Å². The van der Waals surface area contributed by atoms with Crippen LogP contribution in [0.3, 0.4) is 0 Å². The highest BCUT2D eigenvalue weighted by Gasteiger charge is 2.13. The summed E-state index contributed by atoms with van der Waals surface area (Å²) in [5.41, 5.74) is 13.9. The van der Waals surface area contributed by atoms with E-state index >= 15 is 0 Å². The van der Waals surface area contributed by atoms with Gasteiger partial charge in [-0.15, -0.1) is 11.3 Å². The molecule has 0 aliphatic rings. The Morgan fingerprint density at radius 2 is 1.94 bits per heavy atom. The third kappa shape index (κ3) is 2.36. The van der Waals surface area contributed by atoms with Crippen molar-refractivity contribution in [3.63, 3.8) is 0 Å². The summed E-state index contributed by atoms with van der Waals surface area (Å²) in [5.74, 6) is 0. The third-order valence-electron chi connectivity index (χ3n) is 3.01. The number of anilines is 3. The number of nitrogens with two attached hydrogens (primary N) is 2. The standard InChI is InChI=1S/C13H17N3S/c1-9(13-4-3-7-17-13)16(2)10-5-6-11(14)12(15)8-10/h3-9H,14-15H2,1-2H3. The Balaban J connectivity index is 2.24. The Bertz CT molecular complexity index is 493. The van der Waals surface area contributed by atoms with Gasteiger partial charge < -0.3 is 16.4 Å². The molecule has 1 unspecified atom stereocenters. The minimum atomic E-state index is 0.332. The summed E-state index contributed by atoms with van der Waals surface area (Å²) in [5, 5.41) is 2.09. The van der Waals surface area contributed by atoms with Crippen molar-refractivity contribution in [2.45, 2.75) is 13.0 Å². The second kappa shape index (κ2) is 4.67. The number of rotatable bonds is 3. The molecule has 1 aromatic heterocycles. The van der Waals surface area contributed by atoms with Gasteiger partial charge in [-0.25, -0.2) is 0 Å². The predicted molar refractivity (Wildman–Crippen MR) is 76.4 cm³/mol. The molecule has 0 bridgehead atoms. The monoisotopic (exact) mass is 247 g/mol. The minimum Gasteiger partial charge on any atom is -0.397 e. The van der Waals surface area contributed by atoms with Crippen LogP contribution >= 0.6 is 11.3 Å². The lowest BCUT2D eigenvalue weighted by atomic mass is 10.2. The van der Waals surface area contributed by atoms with Crippen molar-refractivity contribution in [2.75, 3.05) is 23.4 Å². The van der Waals surface area contributed by atoms with Gasteiger partial charge in [-0.3, -0.25) is 0 Å². The average molecular weight is 247 g/mol. The molecule has 0 aliphatic heterocycles. The predicted octanol–water partition coefficient (Wildman–Crippen LogP) is 3.11. The van der Waals surface area contributed by atoms with Crippen LogP contribution in [-0.2, 0) is 0 Å². The molecule has 1 atom stereocenters. The molecule has 0 radical (unpaired) electrons. The second-order valence-corrected chi connectivity index (χ2v) is 5.09. The van der Waals surface area contributed by atoms with Crippen LogP contribution in [0, 0.1) is 0 Å². The molecule has 0 spiro atoms. The highest BCUT2D eigenvalue weighted by Crippen LogP contribution is 2.30. The van der Waals surface area contributed by atoms with Gasteiger partial charge in [0.25, 0.3) is 0 Å². The SMILES string of the molecule is CC(c1cccs1)N(C)c1ccc(N)c(N)c1. The summed E-state index contributed by atoms with van der Waals surface area (Å²) in [6.45, 7) is 2.18. The first kappa shape index (κ1) is 11.8. The summed E-state index contributed by atoms with van der Waals surface area (Å²) >= 11 is 1.76. The zero-order chi connectivity index (χ0) is 12.4. The van der Waals surface area contributed by atoms with Crippen LogP contribution < -0.4 is 16.4 Å². The van der Waals surface area contributed by atoms with Crippen molar-refractivity contribution in [3.8, 4) is 0 Å². The normalized spacial score (nSPS) is 12.4. The molecule has 2 rings (SSSR count). The molecule has 1 aromatic carbocycles. The van der Waals surface area contributed by atoms with Gasteiger partial charge in [-0.05, 0) is 36.6 Å². The van der Waals surface area contributed by atoms with Gasteiger partial charge in [0.1, 0.15) is 0 Å². The smallest absolute Gasteiger partial charge is 0.0603 e. The highest BCUT2D eigenvalue weighted by molar-refractivity contribution is 7.10. The molecule has 17 heavy (non-hydrogen) atoms. The Kier molecular flexibility index (Phi) is 3.24. The van der Waals surface area contributed by atoms with E-state index in [-0.39, 0.29) is 0 Å². The summed E-state index contributed by atoms with van der Waals surface area (Å²) in [6.07, 6.45) is 0. The molecule has 90 valence electrons. The van der Waals surface area contributed by atoms with Crippen molar-refractivity contribution in [1.29, 1.82) is 0 Å². The van der Waals surface area contributed by atoms with E-state index in [4.69, 9.17) is 11.5 Å². The van der Waals surface area contributed by atoms with Gasteiger partial charge in [-0.1, -0.05) is 6.07 Å². The van der Waals surface area contributed by atoms with Gasteiger partial charge in [-0.2, -0.15) is 0 Å². The van der Waals surface area contributed by atoms with Crippen molar-refractivity contribution >= 4 is 28.4 Å². The fourth-order valence-electron chi connectivity index (χ4n) is 1.72. The topological polar surface area (TPSA) is 55.3 Å². The second-order valence-electron chi connectivity index (χ2n) is 4.12. The molecule has 2 aromatic rings. The first-order chi connectivity index (χ1) is 8.09. The van der Waals surface area contributed by atoms with E-state index in [1.807, 2.05) is 18.2 Å². The number of thiophene rings is 1. The summed E-state index contributed by atoms with van der Waals surface area (Å²) in [4.78, 5) is 3.53. The van der Waals surface area contributed by atoms with E-state index < -0.39 is 0 Å². The number of hydrogen-bond acceptors (Lipinski definition) is 4. The van der Waals surface area contributed by atoms with Crippen LogP contribution in [0.15, 0.2) is 35.7 Å². The maximum absolute atomic E-state index is 5.83. The number of nitrogen functional groups attached to an aromatic ring is 2. The number of hydrogen-bond donors (Lipinski definition) is 2. The summed E-state index contributed by atoms with van der Waals surface area (Å²) < 4.78 is 0. The van der Waals surface area contributed by atoms with E-state index in [0.29, 0.717) is 17.4 Å². The fourth-order valence-corrected chi connectivity index (χ4v) is 2.55. The molecule has 4 heteroatoms. The lowest BCUT2D eigenvalue weighted by molar-refractivity contribution is 0.754. The van der Waals surface area contributed by atoms with E-state index in [9.17, 15) is 0 Å². The molecule has 1 heterocycles. The molecular weight excluding hydrogens is 230 g/mol. The number of nitrogens with zero attached hydrogens (tertiary/aromatic N) is 1. The summed E-state index contributed by atoms with van der Waals surface area (Å²) in [6, 6.07) is 10.3. The van der Waals surface area contributed by atoms with Crippen LogP contribution in [0.5, 0.6) is 0 Å². The molecule has 3 nitrogen and oxygen atoms in total. The largest absolute Gasteiger partial charge is 0.397 e. The van der Waals surface area contributed by atoms with Gasteiger partial charge in [0.2, 0.25) is 0 Å². The van der Waals surface area contributed by atoms with E-state index in [1.54, 1.807) is 11.3 Å². The van der Waals surface area contributed by atoms with Crippen molar-refractivity contribution in [3.05, 3.63) is 40.6 Å². The van der Waals surface area contributed by atoms with Gasteiger partial charge in [0.05, 0.1) is 17.4 Å². The van der Waals surface area contributed by atoms with Crippen LogP contribution in [0.4, 0.5) is 17.1 Å². The maximum Gasteiger partial charge on any atom is 0.0603 e. The molecule has 0 amide bonds. The molecule has 0 aliphatic carbocycles. The van der Waals surface area contributed by atoms with Crippen molar-refractivity contribution < 1.29 is 0 Å². The Labute approximate surface area is 106 Å². The molecular formula is C13H17N3S. The molecule has 4 N–H and O–H groups in total.